The molecule has 170 valence electrons. The number of pyridine rings is 2. The van der Waals surface area contributed by atoms with Gasteiger partial charge in [-0.1, -0.05) is 12.8 Å². The Morgan fingerprint density at radius 3 is 2.55 bits per heavy atom. The molecule has 0 aliphatic carbocycles. The highest BCUT2D eigenvalue weighted by Crippen LogP contribution is 2.40. The van der Waals surface area contributed by atoms with Crippen LogP contribution in [0.25, 0.3) is 16.5 Å². The summed E-state index contributed by atoms with van der Waals surface area (Å²) in [6, 6.07) is 5.80. The molecule has 6 nitrogen and oxygen atoms in total. The number of hydrogen-bond donors (Lipinski definition) is 0. The first-order valence-electron chi connectivity index (χ1n) is 10.8. The van der Waals surface area contributed by atoms with Crippen molar-refractivity contribution in [1.82, 2.24) is 14.9 Å². The highest BCUT2D eigenvalue weighted by atomic mass is 16.5. The van der Waals surface area contributed by atoms with Crippen LogP contribution in [0, 0.1) is 25.7 Å². The number of allylic oxidation sites excluding steroid dienone is 1. The van der Waals surface area contributed by atoms with Gasteiger partial charge < -0.3 is 9.64 Å². The molecule has 0 aliphatic heterocycles. The summed E-state index contributed by atoms with van der Waals surface area (Å²) in [6.07, 6.45) is 7.60. The summed E-state index contributed by atoms with van der Waals surface area (Å²) in [5.74, 6) is 6.85. The summed E-state index contributed by atoms with van der Waals surface area (Å²) in [5.41, 5.74) is 5.84. The number of ether oxygens (including phenoxy) is 1. The summed E-state index contributed by atoms with van der Waals surface area (Å²) in [4.78, 5) is 25.9. The topological polar surface area (TPSA) is 58.6 Å². The van der Waals surface area contributed by atoms with Crippen molar-refractivity contribution in [3.63, 3.8) is 0 Å². The maximum Gasteiger partial charge on any atom is 0.231 e. The molecular formula is C27H30N4O2. The number of nitrogens with zero attached hydrogens (tertiary/aromatic N) is 4. The van der Waals surface area contributed by atoms with Crippen molar-refractivity contribution in [2.24, 2.45) is 0 Å². The van der Waals surface area contributed by atoms with Gasteiger partial charge in [-0.05, 0) is 44.0 Å². The van der Waals surface area contributed by atoms with Gasteiger partial charge in [-0.15, -0.1) is 5.92 Å². The van der Waals surface area contributed by atoms with E-state index in [1.165, 1.54) is 0 Å². The summed E-state index contributed by atoms with van der Waals surface area (Å²) in [7, 11) is 5.55. The summed E-state index contributed by atoms with van der Waals surface area (Å²) < 4.78 is 5.71. The predicted molar refractivity (Wildman–Crippen MR) is 135 cm³/mol. The first kappa shape index (κ1) is 23.8. The highest BCUT2D eigenvalue weighted by molar-refractivity contribution is 6.10. The Kier molecular flexibility index (Phi) is 7.34. The van der Waals surface area contributed by atoms with Crippen molar-refractivity contribution in [2.45, 2.75) is 34.1 Å². The molecule has 3 rings (SSSR count). The minimum Gasteiger partial charge on any atom is -0.496 e. The van der Waals surface area contributed by atoms with E-state index in [1.54, 1.807) is 30.6 Å². The van der Waals surface area contributed by atoms with Gasteiger partial charge in [-0.2, -0.15) is 0 Å². The first-order valence-corrected chi connectivity index (χ1v) is 10.8. The van der Waals surface area contributed by atoms with Gasteiger partial charge in [-0.25, -0.2) is 0 Å². The Hall–Kier alpha value is -3.85. The lowest BCUT2D eigenvalue weighted by Gasteiger charge is -2.27. The molecule has 0 bridgehead atoms. The number of anilines is 2. The lowest BCUT2D eigenvalue weighted by atomic mass is 9.99. The zero-order chi connectivity index (χ0) is 24.1. The molecule has 0 atom stereocenters. The maximum atomic E-state index is 13.3. The van der Waals surface area contributed by atoms with Crippen molar-refractivity contribution < 1.29 is 9.53 Å². The van der Waals surface area contributed by atoms with Gasteiger partial charge in [0.2, 0.25) is 5.91 Å². The number of benzene rings is 1. The normalized spacial score (nSPS) is 11.1. The summed E-state index contributed by atoms with van der Waals surface area (Å²) in [6.45, 7) is 7.61. The zero-order valence-corrected chi connectivity index (χ0v) is 20.4. The van der Waals surface area contributed by atoms with E-state index in [-0.39, 0.29) is 5.91 Å². The van der Waals surface area contributed by atoms with E-state index < -0.39 is 0 Å². The quantitative estimate of drug-likeness (QED) is 0.488. The van der Waals surface area contributed by atoms with Crippen molar-refractivity contribution in [3.8, 4) is 17.6 Å². The zero-order valence-electron chi connectivity index (χ0n) is 20.4. The Morgan fingerprint density at radius 2 is 1.94 bits per heavy atom. The van der Waals surface area contributed by atoms with Crippen LogP contribution < -0.4 is 9.64 Å². The van der Waals surface area contributed by atoms with Gasteiger partial charge in [0, 0.05) is 62.3 Å². The average molecular weight is 443 g/mol. The van der Waals surface area contributed by atoms with E-state index in [0.717, 1.165) is 44.5 Å². The van der Waals surface area contributed by atoms with E-state index in [0.29, 0.717) is 12.2 Å². The Balaban J connectivity index is 2.42. The summed E-state index contributed by atoms with van der Waals surface area (Å²) in [5, 5.41) is 0.853. The number of rotatable bonds is 6. The molecule has 0 aliphatic rings. The van der Waals surface area contributed by atoms with E-state index in [1.807, 2.05) is 71.1 Å². The van der Waals surface area contributed by atoms with Crippen molar-refractivity contribution >= 4 is 33.8 Å². The molecule has 33 heavy (non-hydrogen) atoms. The minimum absolute atomic E-state index is 0.00493. The molecule has 0 spiro atoms. The largest absolute Gasteiger partial charge is 0.496 e. The van der Waals surface area contributed by atoms with Crippen LogP contribution in [0.15, 0.2) is 43.0 Å². The molecule has 2 heterocycles. The van der Waals surface area contributed by atoms with Crippen LogP contribution in [0.1, 0.15) is 37.0 Å². The van der Waals surface area contributed by atoms with Gasteiger partial charge in [-0.3, -0.25) is 19.7 Å². The van der Waals surface area contributed by atoms with Crippen molar-refractivity contribution in [2.75, 3.05) is 26.1 Å². The Labute approximate surface area is 195 Å². The minimum atomic E-state index is -0.00493. The van der Waals surface area contributed by atoms with Gasteiger partial charge in [0.1, 0.15) is 5.75 Å². The molecule has 0 radical (unpaired) electrons. The predicted octanol–water partition coefficient (Wildman–Crippen LogP) is 5.26. The molecule has 0 saturated carbocycles. The standard InChI is InChI=1S/C27H30N4O2/c1-8-10-20(17-30(5)6)21-13-22-23(14-25(21)33-7)29-16-19(4)27(22)31(26(32)9-2)24-11-12-28-15-18(24)3/h11-17H,9H2,1-7H3/b20-17+. The smallest absolute Gasteiger partial charge is 0.231 e. The SMILES string of the molecule is CC#C/C(=C\N(C)C)c1cc2c(N(C(=O)CC)c3ccncc3C)c(C)cnc2cc1OC. The van der Waals surface area contributed by atoms with Crippen LogP contribution in [-0.4, -0.2) is 42.0 Å². The third-order valence-electron chi connectivity index (χ3n) is 5.29. The number of aromatic nitrogens is 2. The third kappa shape index (κ3) is 4.83. The highest BCUT2D eigenvalue weighted by Gasteiger charge is 2.24. The van der Waals surface area contributed by atoms with E-state index in [4.69, 9.17) is 4.74 Å². The van der Waals surface area contributed by atoms with Crippen LogP contribution in [-0.2, 0) is 4.79 Å². The maximum absolute atomic E-state index is 13.3. The van der Waals surface area contributed by atoms with Gasteiger partial charge in [0.05, 0.1) is 29.6 Å². The van der Waals surface area contributed by atoms with E-state index >= 15 is 0 Å². The van der Waals surface area contributed by atoms with Crippen LogP contribution in [0.5, 0.6) is 5.75 Å². The Bertz CT molecular complexity index is 1280. The molecule has 1 aromatic carbocycles. The van der Waals surface area contributed by atoms with Gasteiger partial charge in [0.25, 0.3) is 0 Å². The second-order valence-corrected chi connectivity index (χ2v) is 7.99. The lowest BCUT2D eigenvalue weighted by molar-refractivity contribution is -0.117. The average Bonchev–Trinajstić information content (AvgIpc) is 2.80. The van der Waals surface area contributed by atoms with Gasteiger partial charge >= 0.3 is 0 Å². The monoisotopic (exact) mass is 442 g/mol. The van der Waals surface area contributed by atoms with Crippen molar-refractivity contribution in [1.29, 1.82) is 0 Å². The first-order chi connectivity index (χ1) is 15.8. The molecular weight excluding hydrogens is 412 g/mol. The number of fused-ring (bicyclic) bond motifs is 1. The lowest BCUT2D eigenvalue weighted by Crippen LogP contribution is -2.27. The fraction of sp³-hybridized carbons (Fsp3) is 0.296. The number of hydrogen-bond acceptors (Lipinski definition) is 5. The molecule has 0 fully saturated rings. The molecule has 0 saturated heterocycles. The van der Waals surface area contributed by atoms with Crippen LogP contribution in [0.2, 0.25) is 0 Å². The van der Waals surface area contributed by atoms with Crippen LogP contribution in [0.3, 0.4) is 0 Å². The summed E-state index contributed by atoms with van der Waals surface area (Å²) >= 11 is 0. The Morgan fingerprint density at radius 1 is 1.18 bits per heavy atom. The second kappa shape index (κ2) is 10.2. The number of aryl methyl sites for hydroxylation is 2. The van der Waals surface area contributed by atoms with E-state index in [9.17, 15) is 4.79 Å². The molecule has 1 amide bonds. The molecule has 0 unspecified atom stereocenters. The fourth-order valence-corrected chi connectivity index (χ4v) is 3.80. The van der Waals surface area contributed by atoms with E-state index in [2.05, 4.69) is 21.8 Å². The molecule has 3 aromatic rings. The molecule has 6 heteroatoms. The fourth-order valence-electron chi connectivity index (χ4n) is 3.80. The van der Waals surface area contributed by atoms with Crippen molar-refractivity contribution in [3.05, 3.63) is 59.7 Å². The number of carbonyl (C=O) groups excluding carboxylic acids is 1. The van der Waals surface area contributed by atoms with Crippen LogP contribution in [0.4, 0.5) is 11.4 Å². The number of amides is 1. The third-order valence-corrected chi connectivity index (χ3v) is 5.29. The van der Waals surface area contributed by atoms with Crippen LogP contribution >= 0.6 is 0 Å². The molecule has 0 N–H and O–H groups in total. The second-order valence-electron chi connectivity index (χ2n) is 7.99. The number of methoxy groups -OCH3 is 1. The number of carbonyl (C=O) groups is 1. The van der Waals surface area contributed by atoms with Gasteiger partial charge in [0.15, 0.2) is 0 Å². The molecule has 2 aromatic heterocycles.